The topological polar surface area (TPSA) is 32.3 Å². The maximum absolute atomic E-state index is 12.4. The Kier molecular flexibility index (Phi) is 6.99. The van der Waals surface area contributed by atoms with E-state index in [1.807, 2.05) is 18.9 Å². The van der Waals surface area contributed by atoms with Gasteiger partial charge in [0.25, 0.3) is 0 Å². The number of rotatable bonds is 6. The van der Waals surface area contributed by atoms with Crippen LogP contribution in [0.3, 0.4) is 0 Å². The molecule has 6 heteroatoms. The molecule has 0 heterocycles. The van der Waals surface area contributed by atoms with Gasteiger partial charge in [-0.2, -0.15) is 0 Å². The number of likely N-dealkylation sites (N-methyl/N-ethyl adjacent to an activating group) is 1. The van der Waals surface area contributed by atoms with Crippen LogP contribution < -0.4 is 5.32 Å². The highest BCUT2D eigenvalue weighted by atomic mass is 35.5. The molecule has 2 rings (SSSR count). The maximum Gasteiger partial charge on any atom is 0.241 e. The lowest BCUT2D eigenvalue weighted by atomic mass is 10.2. The third-order valence-electron chi connectivity index (χ3n) is 3.82. The molecule has 0 aliphatic heterocycles. The summed E-state index contributed by atoms with van der Waals surface area (Å²) in [5.74, 6) is -0.109. The van der Waals surface area contributed by atoms with Gasteiger partial charge in [0.1, 0.15) is 0 Å². The minimum Gasteiger partial charge on any atom is -0.323 e. The van der Waals surface area contributed by atoms with Crippen LogP contribution in [0.4, 0.5) is 5.69 Å². The van der Waals surface area contributed by atoms with Gasteiger partial charge in [-0.25, -0.2) is 0 Å². The molecular formula is C18H20Cl2N2OS. The molecule has 0 aliphatic rings. The first-order valence-corrected chi connectivity index (χ1v) is 9.48. The van der Waals surface area contributed by atoms with Crippen LogP contribution in [0.15, 0.2) is 47.4 Å². The molecule has 2 aromatic rings. The summed E-state index contributed by atoms with van der Waals surface area (Å²) in [5, 5.41) is 3.82. The molecule has 24 heavy (non-hydrogen) atoms. The average molecular weight is 383 g/mol. The van der Waals surface area contributed by atoms with Crippen LogP contribution in [-0.4, -0.2) is 30.2 Å². The van der Waals surface area contributed by atoms with Crippen molar-refractivity contribution in [3.05, 3.63) is 58.1 Å². The molecule has 1 amide bonds. The summed E-state index contributed by atoms with van der Waals surface area (Å²) in [6.45, 7) is 2.56. The molecule has 0 fully saturated rings. The molecule has 0 saturated carbocycles. The third-order valence-corrected chi connectivity index (χ3v) is 5.11. The predicted octanol–water partition coefficient (Wildman–Crippen LogP) is 5.17. The van der Waals surface area contributed by atoms with Gasteiger partial charge in [0, 0.05) is 16.5 Å². The highest BCUT2D eigenvalue weighted by Crippen LogP contribution is 2.25. The quantitative estimate of drug-likeness (QED) is 0.698. The van der Waals surface area contributed by atoms with Crippen LogP contribution in [0.5, 0.6) is 0 Å². The highest BCUT2D eigenvalue weighted by molar-refractivity contribution is 7.98. The lowest BCUT2D eigenvalue weighted by Crippen LogP contribution is -2.39. The summed E-state index contributed by atoms with van der Waals surface area (Å²) >= 11 is 13.7. The fraction of sp³-hybridized carbons (Fsp3) is 0.278. The zero-order valence-electron chi connectivity index (χ0n) is 13.8. The van der Waals surface area contributed by atoms with Crippen molar-refractivity contribution < 1.29 is 4.79 Å². The summed E-state index contributed by atoms with van der Waals surface area (Å²) in [5.41, 5.74) is 1.73. The smallest absolute Gasteiger partial charge is 0.241 e. The Hall–Kier alpha value is -1.20. The molecule has 3 nitrogen and oxygen atoms in total. The molecule has 0 aliphatic carbocycles. The van der Waals surface area contributed by atoms with E-state index in [1.54, 1.807) is 30.0 Å². The highest BCUT2D eigenvalue weighted by Gasteiger charge is 2.19. The predicted molar refractivity (Wildman–Crippen MR) is 104 cm³/mol. The summed E-state index contributed by atoms with van der Waals surface area (Å²) in [7, 11) is 1.93. The van der Waals surface area contributed by atoms with E-state index >= 15 is 0 Å². The second-order valence-corrected chi connectivity index (χ2v) is 7.28. The van der Waals surface area contributed by atoms with Gasteiger partial charge in [0.05, 0.1) is 16.8 Å². The first kappa shape index (κ1) is 19.1. The maximum atomic E-state index is 12.4. The number of anilines is 1. The molecular weight excluding hydrogens is 363 g/mol. The van der Waals surface area contributed by atoms with Gasteiger partial charge >= 0.3 is 0 Å². The lowest BCUT2D eigenvalue weighted by molar-refractivity contribution is -0.120. The fourth-order valence-corrected chi connectivity index (χ4v) is 3.05. The summed E-state index contributed by atoms with van der Waals surface area (Å²) in [4.78, 5) is 15.7. The largest absolute Gasteiger partial charge is 0.323 e. The van der Waals surface area contributed by atoms with Crippen LogP contribution in [0.1, 0.15) is 12.5 Å². The first-order valence-electron chi connectivity index (χ1n) is 7.50. The van der Waals surface area contributed by atoms with Crippen molar-refractivity contribution in [1.29, 1.82) is 0 Å². The first-order chi connectivity index (χ1) is 11.4. The molecule has 0 unspecified atom stereocenters. The molecule has 1 N–H and O–H groups in total. The molecule has 2 aromatic carbocycles. The van der Waals surface area contributed by atoms with Gasteiger partial charge in [-0.05, 0) is 56.1 Å². The molecule has 0 aromatic heterocycles. The van der Waals surface area contributed by atoms with Crippen LogP contribution in [0.2, 0.25) is 10.0 Å². The van der Waals surface area contributed by atoms with Crippen molar-refractivity contribution >= 4 is 46.6 Å². The number of hydrogen-bond acceptors (Lipinski definition) is 3. The Bertz CT molecular complexity index is 707. The van der Waals surface area contributed by atoms with E-state index in [1.165, 1.54) is 10.5 Å². The summed E-state index contributed by atoms with van der Waals surface area (Å²) in [6, 6.07) is 13.1. The minimum absolute atomic E-state index is 0.109. The lowest BCUT2D eigenvalue weighted by Gasteiger charge is -2.24. The van der Waals surface area contributed by atoms with E-state index in [9.17, 15) is 4.79 Å². The molecule has 0 saturated heterocycles. The van der Waals surface area contributed by atoms with E-state index in [0.29, 0.717) is 22.3 Å². The van der Waals surface area contributed by atoms with Crippen molar-refractivity contribution in [3.8, 4) is 0 Å². The van der Waals surface area contributed by atoms with Gasteiger partial charge in [-0.3, -0.25) is 9.69 Å². The number of carbonyl (C=O) groups excluding carboxylic acids is 1. The van der Waals surface area contributed by atoms with Gasteiger partial charge in [-0.1, -0.05) is 35.3 Å². The van der Waals surface area contributed by atoms with Gasteiger partial charge in [0.15, 0.2) is 0 Å². The standard InChI is InChI=1S/C18H20Cl2N2OS/c1-12(18(23)21-17-9-6-14(19)10-16(17)20)22(2)11-13-4-7-15(24-3)8-5-13/h4-10,12H,11H2,1-3H3,(H,21,23)/t12-/m0/s1. The van der Waals surface area contributed by atoms with Crippen molar-refractivity contribution in [1.82, 2.24) is 4.90 Å². The van der Waals surface area contributed by atoms with Crippen LogP contribution in [-0.2, 0) is 11.3 Å². The van der Waals surface area contributed by atoms with Crippen LogP contribution in [0.25, 0.3) is 0 Å². The van der Waals surface area contributed by atoms with E-state index < -0.39 is 0 Å². The van der Waals surface area contributed by atoms with Gasteiger partial charge < -0.3 is 5.32 Å². The van der Waals surface area contributed by atoms with E-state index in [2.05, 4.69) is 35.8 Å². The number of hydrogen-bond donors (Lipinski definition) is 1. The Morgan fingerprint density at radius 2 is 1.88 bits per heavy atom. The van der Waals surface area contributed by atoms with Gasteiger partial charge in [-0.15, -0.1) is 11.8 Å². The second kappa shape index (κ2) is 8.77. The average Bonchev–Trinajstić information content (AvgIpc) is 2.57. The Morgan fingerprint density at radius 1 is 1.21 bits per heavy atom. The number of amides is 1. The molecule has 0 radical (unpaired) electrons. The number of benzene rings is 2. The van der Waals surface area contributed by atoms with Crippen molar-refractivity contribution in [2.24, 2.45) is 0 Å². The number of carbonyl (C=O) groups is 1. The zero-order chi connectivity index (χ0) is 17.7. The van der Waals surface area contributed by atoms with Crippen molar-refractivity contribution in [3.63, 3.8) is 0 Å². The number of thioether (sulfide) groups is 1. The number of nitrogens with zero attached hydrogens (tertiary/aromatic N) is 1. The Labute approximate surface area is 157 Å². The van der Waals surface area contributed by atoms with Gasteiger partial charge in [0.2, 0.25) is 5.91 Å². The van der Waals surface area contributed by atoms with E-state index in [0.717, 1.165) is 0 Å². The van der Waals surface area contributed by atoms with Crippen LogP contribution in [0, 0.1) is 0 Å². The summed E-state index contributed by atoms with van der Waals surface area (Å²) < 4.78 is 0. The molecule has 128 valence electrons. The van der Waals surface area contributed by atoms with Crippen molar-refractivity contribution in [2.45, 2.75) is 24.4 Å². The summed E-state index contributed by atoms with van der Waals surface area (Å²) in [6.07, 6.45) is 2.05. The van der Waals surface area contributed by atoms with Crippen molar-refractivity contribution in [2.75, 3.05) is 18.6 Å². The van der Waals surface area contributed by atoms with E-state index in [4.69, 9.17) is 23.2 Å². The fourth-order valence-electron chi connectivity index (χ4n) is 2.18. The second-order valence-electron chi connectivity index (χ2n) is 5.55. The Morgan fingerprint density at radius 3 is 2.46 bits per heavy atom. The SMILES string of the molecule is CSc1ccc(CN(C)[C@@H](C)C(=O)Nc2ccc(Cl)cc2Cl)cc1. The van der Waals surface area contributed by atoms with Crippen LogP contribution >= 0.6 is 35.0 Å². The molecule has 0 spiro atoms. The molecule has 1 atom stereocenters. The zero-order valence-corrected chi connectivity index (χ0v) is 16.2. The monoisotopic (exact) mass is 382 g/mol. The minimum atomic E-state index is -0.294. The normalized spacial score (nSPS) is 12.2. The number of halogens is 2. The third kappa shape index (κ3) is 5.15. The molecule has 0 bridgehead atoms. The number of nitrogens with one attached hydrogen (secondary N) is 1. The Balaban J connectivity index is 1.98. The van der Waals surface area contributed by atoms with E-state index in [-0.39, 0.29) is 11.9 Å².